The molecule has 2 heterocycles. The molecule has 2 aromatic rings. The summed E-state index contributed by atoms with van der Waals surface area (Å²) in [5.41, 5.74) is 1.83. The standard InChI is InChI=1S/C21H22O7/c1-23-18-7-12(8-19(24-2)20(18)25-3)6-14-10-16(28-21(14)22)13-4-5-15-17(9-13)27-11-26-15/h4-5,7-9,14,16H,6,10-11H2,1-3H3/t14-,16+/m1/s1. The monoisotopic (exact) mass is 386 g/mol. The van der Waals surface area contributed by atoms with Crippen molar-refractivity contribution in [2.45, 2.75) is 18.9 Å². The minimum atomic E-state index is -0.297. The Morgan fingerprint density at radius 1 is 0.964 bits per heavy atom. The van der Waals surface area contributed by atoms with Gasteiger partial charge in [0.05, 0.1) is 27.2 Å². The molecule has 2 aliphatic heterocycles. The van der Waals surface area contributed by atoms with Crippen LogP contribution in [0, 0.1) is 5.92 Å². The fourth-order valence-electron chi connectivity index (χ4n) is 3.66. The molecule has 1 fully saturated rings. The maximum absolute atomic E-state index is 12.5. The fourth-order valence-corrected chi connectivity index (χ4v) is 3.66. The van der Waals surface area contributed by atoms with Crippen molar-refractivity contribution in [3.8, 4) is 28.7 Å². The normalized spacial score (nSPS) is 20.0. The minimum absolute atomic E-state index is 0.212. The largest absolute Gasteiger partial charge is 0.493 e. The third-order valence-corrected chi connectivity index (χ3v) is 5.07. The first-order valence-corrected chi connectivity index (χ1v) is 9.02. The Bertz CT molecular complexity index is 867. The number of fused-ring (bicyclic) bond motifs is 1. The molecule has 2 aliphatic rings. The first-order valence-electron chi connectivity index (χ1n) is 9.02. The van der Waals surface area contributed by atoms with E-state index < -0.39 is 0 Å². The van der Waals surface area contributed by atoms with Gasteiger partial charge in [-0.1, -0.05) is 6.07 Å². The summed E-state index contributed by atoms with van der Waals surface area (Å²) in [6, 6.07) is 9.36. The van der Waals surface area contributed by atoms with Crippen LogP contribution in [0.15, 0.2) is 30.3 Å². The zero-order valence-electron chi connectivity index (χ0n) is 16.0. The average Bonchev–Trinajstić information content (AvgIpc) is 3.33. The van der Waals surface area contributed by atoms with Crippen LogP contribution in [-0.4, -0.2) is 34.1 Å². The van der Waals surface area contributed by atoms with Crippen LogP contribution in [-0.2, 0) is 16.0 Å². The summed E-state index contributed by atoms with van der Waals surface area (Å²) in [6.07, 6.45) is 0.820. The van der Waals surface area contributed by atoms with Crippen molar-refractivity contribution in [1.82, 2.24) is 0 Å². The van der Waals surface area contributed by atoms with Gasteiger partial charge in [0.25, 0.3) is 0 Å². The molecular formula is C21H22O7. The van der Waals surface area contributed by atoms with Gasteiger partial charge in [0.15, 0.2) is 23.0 Å². The van der Waals surface area contributed by atoms with E-state index in [2.05, 4.69) is 0 Å². The number of carbonyl (C=O) groups is 1. The van der Waals surface area contributed by atoms with E-state index >= 15 is 0 Å². The molecule has 1 saturated heterocycles. The quantitative estimate of drug-likeness (QED) is 0.706. The predicted molar refractivity (Wildman–Crippen MR) is 99.3 cm³/mol. The lowest BCUT2D eigenvalue weighted by Gasteiger charge is -2.15. The molecule has 0 aromatic heterocycles. The molecule has 0 N–H and O–H groups in total. The molecule has 0 amide bonds. The summed E-state index contributed by atoms with van der Waals surface area (Å²) in [5, 5.41) is 0. The van der Waals surface area contributed by atoms with Crippen LogP contribution in [0.5, 0.6) is 28.7 Å². The number of hydrogen-bond acceptors (Lipinski definition) is 7. The van der Waals surface area contributed by atoms with Gasteiger partial charge in [0.2, 0.25) is 12.5 Å². The third-order valence-electron chi connectivity index (χ3n) is 5.07. The second-order valence-corrected chi connectivity index (χ2v) is 6.71. The lowest BCUT2D eigenvalue weighted by atomic mass is 9.93. The fraction of sp³-hybridized carbons (Fsp3) is 0.381. The number of carbonyl (C=O) groups excluding carboxylic acids is 1. The van der Waals surface area contributed by atoms with Crippen molar-refractivity contribution < 1.29 is 33.2 Å². The number of benzene rings is 2. The van der Waals surface area contributed by atoms with Crippen LogP contribution in [0.1, 0.15) is 23.7 Å². The van der Waals surface area contributed by atoms with Gasteiger partial charge >= 0.3 is 5.97 Å². The van der Waals surface area contributed by atoms with Gasteiger partial charge in [-0.3, -0.25) is 4.79 Å². The van der Waals surface area contributed by atoms with E-state index in [0.717, 1.165) is 11.1 Å². The number of rotatable bonds is 6. The molecule has 7 heteroatoms. The highest BCUT2D eigenvalue weighted by molar-refractivity contribution is 5.75. The van der Waals surface area contributed by atoms with Gasteiger partial charge in [-0.15, -0.1) is 0 Å². The van der Waals surface area contributed by atoms with Crippen LogP contribution >= 0.6 is 0 Å². The van der Waals surface area contributed by atoms with Crippen molar-refractivity contribution in [1.29, 1.82) is 0 Å². The zero-order valence-corrected chi connectivity index (χ0v) is 16.0. The maximum atomic E-state index is 12.5. The van der Waals surface area contributed by atoms with Crippen LogP contribution in [0.4, 0.5) is 0 Å². The highest BCUT2D eigenvalue weighted by Crippen LogP contribution is 2.42. The van der Waals surface area contributed by atoms with Crippen molar-refractivity contribution in [3.05, 3.63) is 41.5 Å². The molecule has 0 saturated carbocycles. The third kappa shape index (κ3) is 3.28. The highest BCUT2D eigenvalue weighted by atomic mass is 16.7. The summed E-state index contributed by atoms with van der Waals surface area (Å²) < 4.78 is 32.5. The molecule has 2 atom stereocenters. The molecule has 0 bridgehead atoms. The molecule has 28 heavy (non-hydrogen) atoms. The Morgan fingerprint density at radius 2 is 1.68 bits per heavy atom. The summed E-state index contributed by atoms with van der Waals surface area (Å²) in [4.78, 5) is 12.5. The minimum Gasteiger partial charge on any atom is -0.493 e. The van der Waals surface area contributed by atoms with Crippen molar-refractivity contribution in [2.75, 3.05) is 28.1 Å². The molecule has 7 nitrogen and oxygen atoms in total. The van der Waals surface area contributed by atoms with Gasteiger partial charge in [-0.2, -0.15) is 0 Å². The predicted octanol–water partition coefficient (Wildman–Crippen LogP) is 3.29. The second kappa shape index (κ2) is 7.50. The van der Waals surface area contributed by atoms with Gasteiger partial charge in [-0.25, -0.2) is 0 Å². The van der Waals surface area contributed by atoms with E-state index in [1.807, 2.05) is 30.3 Å². The SMILES string of the molecule is COc1cc(C[C@@H]2C[C@@H](c3ccc4c(c3)OCO4)OC2=O)cc(OC)c1OC. The van der Waals surface area contributed by atoms with Gasteiger partial charge in [-0.05, 0) is 41.8 Å². The van der Waals surface area contributed by atoms with Gasteiger partial charge < -0.3 is 28.4 Å². The molecule has 0 spiro atoms. The number of esters is 1. The second-order valence-electron chi connectivity index (χ2n) is 6.71. The Balaban J connectivity index is 1.52. The van der Waals surface area contributed by atoms with Crippen molar-refractivity contribution in [3.63, 3.8) is 0 Å². The number of cyclic esters (lactones) is 1. The first-order chi connectivity index (χ1) is 13.6. The molecule has 0 unspecified atom stereocenters. The number of hydrogen-bond donors (Lipinski definition) is 0. The van der Waals surface area contributed by atoms with Crippen LogP contribution in [0.3, 0.4) is 0 Å². The lowest BCUT2D eigenvalue weighted by molar-refractivity contribution is -0.144. The van der Waals surface area contributed by atoms with E-state index in [1.54, 1.807) is 21.3 Å². The Kier molecular flexibility index (Phi) is 4.90. The smallest absolute Gasteiger partial charge is 0.310 e. The molecule has 2 aromatic carbocycles. The van der Waals surface area contributed by atoms with E-state index in [-0.39, 0.29) is 24.8 Å². The Hall–Kier alpha value is -3.09. The number of ether oxygens (including phenoxy) is 6. The van der Waals surface area contributed by atoms with Crippen LogP contribution < -0.4 is 23.7 Å². The molecular weight excluding hydrogens is 364 g/mol. The van der Waals surface area contributed by atoms with E-state index in [1.165, 1.54) is 0 Å². The number of methoxy groups -OCH3 is 3. The average molecular weight is 386 g/mol. The van der Waals surface area contributed by atoms with Crippen molar-refractivity contribution >= 4 is 5.97 Å². The zero-order chi connectivity index (χ0) is 19.7. The van der Waals surface area contributed by atoms with Gasteiger partial charge in [0.1, 0.15) is 6.10 Å². The molecule has 148 valence electrons. The van der Waals surface area contributed by atoms with E-state index in [4.69, 9.17) is 28.4 Å². The van der Waals surface area contributed by atoms with E-state index in [9.17, 15) is 4.79 Å². The topological polar surface area (TPSA) is 72.5 Å². The van der Waals surface area contributed by atoms with Crippen LogP contribution in [0.25, 0.3) is 0 Å². The molecule has 0 aliphatic carbocycles. The summed E-state index contributed by atoms with van der Waals surface area (Å²) in [6.45, 7) is 0.215. The summed E-state index contributed by atoms with van der Waals surface area (Å²) >= 11 is 0. The van der Waals surface area contributed by atoms with E-state index in [0.29, 0.717) is 41.6 Å². The van der Waals surface area contributed by atoms with Crippen molar-refractivity contribution in [2.24, 2.45) is 5.92 Å². The lowest BCUT2D eigenvalue weighted by Crippen LogP contribution is -2.11. The Morgan fingerprint density at radius 3 is 2.36 bits per heavy atom. The summed E-state index contributed by atoms with van der Waals surface area (Å²) in [5.74, 6) is 2.59. The molecule has 4 rings (SSSR count). The Labute approximate surface area is 163 Å². The summed E-state index contributed by atoms with van der Waals surface area (Å²) in [7, 11) is 4.70. The van der Waals surface area contributed by atoms with Crippen LogP contribution in [0.2, 0.25) is 0 Å². The highest BCUT2D eigenvalue weighted by Gasteiger charge is 2.36. The first kappa shape index (κ1) is 18.3. The maximum Gasteiger partial charge on any atom is 0.310 e. The molecule has 0 radical (unpaired) electrons. The van der Waals surface area contributed by atoms with Gasteiger partial charge in [0, 0.05) is 6.42 Å².